The van der Waals surface area contributed by atoms with Gasteiger partial charge in [0.25, 0.3) is 23.2 Å². The van der Waals surface area contributed by atoms with Gasteiger partial charge in [0, 0.05) is 53.3 Å². The van der Waals surface area contributed by atoms with Gasteiger partial charge in [-0.25, -0.2) is 4.79 Å². The number of carboxylic acids is 1. The van der Waals surface area contributed by atoms with E-state index < -0.39 is 27.6 Å². The van der Waals surface area contributed by atoms with Crippen LogP contribution in [0.25, 0.3) is 0 Å². The van der Waals surface area contributed by atoms with E-state index in [1.54, 1.807) is 0 Å². The topological polar surface area (TPSA) is 173 Å². The van der Waals surface area contributed by atoms with Crippen LogP contribution >= 0.6 is 0 Å². The highest BCUT2D eigenvalue weighted by atomic mass is 16.6. The summed E-state index contributed by atoms with van der Waals surface area (Å²) in [6, 6.07) is 14.2. The minimum atomic E-state index is -1.27. The Labute approximate surface area is 286 Å². The molecule has 0 heterocycles. The van der Waals surface area contributed by atoms with Crippen molar-refractivity contribution in [1.29, 1.82) is 0 Å². The Hall–Kier alpha value is -5.13. The Kier molecular flexibility index (Phi) is 15.9. The van der Waals surface area contributed by atoms with Crippen molar-refractivity contribution in [2.24, 2.45) is 0 Å². The van der Waals surface area contributed by atoms with Crippen LogP contribution in [-0.4, -0.2) is 39.3 Å². The van der Waals surface area contributed by atoms with E-state index in [1.165, 1.54) is 129 Å². The number of hydrogen-bond donors (Lipinski definition) is 2. The van der Waals surface area contributed by atoms with E-state index in [9.17, 15) is 39.7 Å². The molecule has 3 aromatic rings. The van der Waals surface area contributed by atoms with Crippen LogP contribution in [0, 0.1) is 20.2 Å². The first-order valence-electron chi connectivity index (χ1n) is 17.1. The first kappa shape index (κ1) is 38.3. The van der Waals surface area contributed by atoms with Crippen LogP contribution in [0.2, 0.25) is 0 Å². The van der Waals surface area contributed by atoms with Gasteiger partial charge in [-0.2, -0.15) is 0 Å². The van der Waals surface area contributed by atoms with Gasteiger partial charge in [-0.05, 0) is 48.9 Å². The molecule has 0 aliphatic carbocycles. The number of carbonyl (C=O) groups excluding carboxylic acids is 2. The molecule has 262 valence electrons. The molecule has 3 aromatic carbocycles. The third-order valence-corrected chi connectivity index (χ3v) is 8.38. The number of nitro benzene ring substituents is 2. The number of nitrogens with zero attached hydrogens (tertiary/aromatic N) is 3. The maximum Gasteiger partial charge on any atom is 0.335 e. The summed E-state index contributed by atoms with van der Waals surface area (Å²) in [5, 5.41) is 34.6. The Bertz CT molecular complexity index is 1560. The van der Waals surface area contributed by atoms with Crippen molar-refractivity contribution < 1.29 is 29.3 Å². The maximum absolute atomic E-state index is 13.8. The Morgan fingerprint density at radius 1 is 0.633 bits per heavy atom. The van der Waals surface area contributed by atoms with Crippen LogP contribution in [0.4, 0.5) is 22.7 Å². The van der Waals surface area contributed by atoms with E-state index in [2.05, 4.69) is 12.2 Å². The summed E-state index contributed by atoms with van der Waals surface area (Å²) in [6.07, 6.45) is 16.3. The average Bonchev–Trinajstić information content (AvgIpc) is 3.09. The molecule has 12 nitrogen and oxygen atoms in total. The minimum absolute atomic E-state index is 0.112. The van der Waals surface area contributed by atoms with Gasteiger partial charge in [-0.15, -0.1) is 0 Å². The number of rotatable bonds is 22. The third kappa shape index (κ3) is 12.8. The Morgan fingerprint density at radius 2 is 1.08 bits per heavy atom. The molecule has 0 radical (unpaired) electrons. The molecule has 0 unspecified atom stereocenters. The van der Waals surface area contributed by atoms with E-state index in [0.29, 0.717) is 6.42 Å². The Morgan fingerprint density at radius 3 is 1.53 bits per heavy atom. The molecule has 2 amide bonds. The zero-order valence-electron chi connectivity index (χ0n) is 28.1. The normalized spacial score (nSPS) is 10.8. The fraction of sp³-hybridized carbons (Fsp3) is 0.432. The monoisotopic (exact) mass is 674 g/mol. The predicted octanol–water partition coefficient (Wildman–Crippen LogP) is 9.58. The second-order valence-corrected chi connectivity index (χ2v) is 12.2. The van der Waals surface area contributed by atoms with Crippen molar-refractivity contribution in [3.05, 3.63) is 104 Å². The highest BCUT2D eigenvalue weighted by Gasteiger charge is 2.22. The summed E-state index contributed by atoms with van der Waals surface area (Å²) in [5.74, 6) is -2.37. The first-order valence-corrected chi connectivity index (χ1v) is 17.1. The van der Waals surface area contributed by atoms with Gasteiger partial charge >= 0.3 is 5.97 Å². The van der Waals surface area contributed by atoms with Crippen LogP contribution in [0.15, 0.2) is 66.7 Å². The highest BCUT2D eigenvalue weighted by molar-refractivity contribution is 6.08. The zero-order chi connectivity index (χ0) is 35.6. The number of benzene rings is 3. The molecular formula is C37H46N4O8. The molecule has 0 saturated heterocycles. The van der Waals surface area contributed by atoms with Crippen molar-refractivity contribution in [2.45, 2.75) is 96.8 Å². The predicted molar refractivity (Wildman–Crippen MR) is 190 cm³/mol. The van der Waals surface area contributed by atoms with Gasteiger partial charge in [-0.3, -0.25) is 29.8 Å². The van der Waals surface area contributed by atoms with E-state index in [-0.39, 0.29) is 46.0 Å². The number of non-ortho nitro benzene ring substituents is 2. The van der Waals surface area contributed by atoms with Crippen LogP contribution < -0.4 is 10.2 Å². The lowest BCUT2D eigenvalue weighted by molar-refractivity contribution is -0.385. The van der Waals surface area contributed by atoms with Crippen molar-refractivity contribution in [2.75, 3.05) is 16.8 Å². The first-order chi connectivity index (χ1) is 23.6. The summed E-state index contributed by atoms with van der Waals surface area (Å²) in [5.41, 5.74) is 0.133. The van der Waals surface area contributed by atoms with Crippen molar-refractivity contribution in [1.82, 2.24) is 0 Å². The molecule has 0 aliphatic rings. The quantitative estimate of drug-likeness (QED) is 0.0602. The van der Waals surface area contributed by atoms with Gasteiger partial charge in [0.1, 0.15) is 0 Å². The second kappa shape index (κ2) is 20.3. The van der Waals surface area contributed by atoms with E-state index >= 15 is 0 Å². The zero-order valence-corrected chi connectivity index (χ0v) is 28.1. The summed E-state index contributed by atoms with van der Waals surface area (Å²) in [6.45, 7) is 2.48. The van der Waals surface area contributed by atoms with Crippen LogP contribution in [-0.2, 0) is 0 Å². The molecule has 0 aliphatic heterocycles. The molecule has 0 bridgehead atoms. The van der Waals surface area contributed by atoms with E-state index in [0.717, 1.165) is 25.7 Å². The van der Waals surface area contributed by atoms with Crippen molar-refractivity contribution >= 4 is 40.5 Å². The number of aromatic carboxylic acids is 1. The molecule has 0 atom stereocenters. The fourth-order valence-corrected chi connectivity index (χ4v) is 5.59. The van der Waals surface area contributed by atoms with Crippen molar-refractivity contribution in [3.8, 4) is 0 Å². The Balaban J connectivity index is 1.69. The molecule has 0 spiro atoms. The van der Waals surface area contributed by atoms with E-state index in [1.807, 2.05) is 0 Å². The molecule has 0 fully saturated rings. The minimum Gasteiger partial charge on any atom is -0.478 e. The number of unbranched alkanes of at least 4 members (excludes halogenated alkanes) is 13. The van der Waals surface area contributed by atoms with Crippen LogP contribution in [0.1, 0.15) is 128 Å². The number of carboxylic acid groups (broad SMARTS) is 1. The summed E-state index contributed by atoms with van der Waals surface area (Å²) in [4.78, 5) is 61.2. The molecule has 0 saturated carbocycles. The van der Waals surface area contributed by atoms with E-state index in [4.69, 9.17) is 0 Å². The number of amides is 2. The van der Waals surface area contributed by atoms with Gasteiger partial charge in [-0.1, -0.05) is 90.4 Å². The van der Waals surface area contributed by atoms with Gasteiger partial charge in [0.05, 0.1) is 15.4 Å². The number of anilines is 2. The number of nitrogens with one attached hydrogen (secondary N) is 1. The molecule has 12 heteroatoms. The SMILES string of the molecule is CCCCCCCCCCCCCCCCN(C(=O)c1ccc([N+](=O)[O-])cc1)c1cc(NC(=O)c2ccc([N+](=O)[O-])cc2)cc(C(=O)O)c1. The summed E-state index contributed by atoms with van der Waals surface area (Å²) in [7, 11) is 0. The van der Waals surface area contributed by atoms with Crippen LogP contribution in [0.5, 0.6) is 0 Å². The molecular weight excluding hydrogens is 628 g/mol. The maximum atomic E-state index is 13.8. The standard InChI is InChI=1S/C37H46N4O8/c1-2-3-4-5-6-7-8-9-10-11-12-13-14-15-24-39(36(43)29-18-22-33(23-19-29)41(48)49)34-26-30(37(44)45)25-31(27-34)38-35(42)28-16-20-32(21-17-28)40(46)47/h16-23,25-27H,2-15,24H2,1H3,(H,38,42)(H,44,45). The van der Waals surface area contributed by atoms with Crippen LogP contribution in [0.3, 0.4) is 0 Å². The highest BCUT2D eigenvalue weighted by Crippen LogP contribution is 2.27. The fourth-order valence-electron chi connectivity index (χ4n) is 5.59. The molecule has 49 heavy (non-hydrogen) atoms. The average molecular weight is 675 g/mol. The molecule has 0 aromatic heterocycles. The molecule has 3 rings (SSSR count). The van der Waals surface area contributed by atoms with Gasteiger partial charge in [0.15, 0.2) is 0 Å². The third-order valence-electron chi connectivity index (χ3n) is 8.38. The van der Waals surface area contributed by atoms with Gasteiger partial charge in [0.2, 0.25) is 0 Å². The number of hydrogen-bond acceptors (Lipinski definition) is 7. The lowest BCUT2D eigenvalue weighted by Crippen LogP contribution is -2.32. The largest absolute Gasteiger partial charge is 0.478 e. The summed E-state index contributed by atoms with van der Waals surface area (Å²) < 4.78 is 0. The lowest BCUT2D eigenvalue weighted by atomic mass is 10.0. The lowest BCUT2D eigenvalue weighted by Gasteiger charge is -2.24. The van der Waals surface area contributed by atoms with Gasteiger partial charge < -0.3 is 15.3 Å². The summed E-state index contributed by atoms with van der Waals surface area (Å²) >= 11 is 0. The van der Waals surface area contributed by atoms with Crippen molar-refractivity contribution in [3.63, 3.8) is 0 Å². The second-order valence-electron chi connectivity index (χ2n) is 12.2. The smallest absolute Gasteiger partial charge is 0.335 e. The molecule has 2 N–H and O–H groups in total. The number of carbonyl (C=O) groups is 3. The number of nitro groups is 2.